The molecule has 4 rings (SSSR count). The number of ketones is 1. The lowest BCUT2D eigenvalue weighted by Gasteiger charge is -2.31. The van der Waals surface area contributed by atoms with Crippen molar-refractivity contribution >= 4 is 35.1 Å². The molecule has 1 aromatic carbocycles. The van der Waals surface area contributed by atoms with Crippen LogP contribution in [0.3, 0.4) is 0 Å². The zero-order valence-corrected chi connectivity index (χ0v) is 23.0. The Morgan fingerprint density at radius 2 is 1.68 bits per heavy atom. The molecule has 1 N–H and O–H groups in total. The van der Waals surface area contributed by atoms with E-state index in [-0.39, 0.29) is 41.9 Å². The SMILES string of the molecule is CC(=O)N1CCC[C@H]1C(=O)N1CC(=O)[C@@H]2[C@H]1CCN2C(=O)[C@H](CC(C)C)NC(=O)c1ccc(N(C)C)cc1. The van der Waals surface area contributed by atoms with Crippen molar-refractivity contribution in [1.29, 1.82) is 0 Å². The van der Waals surface area contributed by atoms with Crippen LogP contribution in [0.25, 0.3) is 0 Å². The molecule has 4 amide bonds. The quantitative estimate of drug-likeness (QED) is 0.575. The summed E-state index contributed by atoms with van der Waals surface area (Å²) in [5, 5.41) is 2.90. The Morgan fingerprint density at radius 3 is 2.29 bits per heavy atom. The number of amides is 4. The second kappa shape index (κ2) is 11.1. The van der Waals surface area contributed by atoms with E-state index in [4.69, 9.17) is 0 Å². The second-order valence-corrected chi connectivity index (χ2v) is 11.2. The molecule has 0 aromatic heterocycles. The van der Waals surface area contributed by atoms with E-state index in [0.717, 1.165) is 12.1 Å². The van der Waals surface area contributed by atoms with Crippen molar-refractivity contribution in [1.82, 2.24) is 20.0 Å². The third-order valence-corrected chi connectivity index (χ3v) is 7.89. The Balaban J connectivity index is 1.48. The van der Waals surface area contributed by atoms with Gasteiger partial charge in [0.1, 0.15) is 18.1 Å². The van der Waals surface area contributed by atoms with Crippen molar-refractivity contribution in [3.63, 3.8) is 0 Å². The first-order valence-electron chi connectivity index (χ1n) is 13.5. The first-order valence-corrected chi connectivity index (χ1v) is 13.5. The number of anilines is 1. The van der Waals surface area contributed by atoms with Crippen LogP contribution in [0, 0.1) is 5.92 Å². The number of fused-ring (bicyclic) bond motifs is 1. The van der Waals surface area contributed by atoms with Gasteiger partial charge in [0.25, 0.3) is 5.91 Å². The fourth-order valence-electron chi connectivity index (χ4n) is 6.00. The highest BCUT2D eigenvalue weighted by Gasteiger charge is 2.53. The molecule has 4 atom stereocenters. The summed E-state index contributed by atoms with van der Waals surface area (Å²) in [6.07, 6.45) is 2.27. The lowest BCUT2D eigenvalue weighted by Crippen LogP contribution is -2.53. The van der Waals surface area contributed by atoms with Gasteiger partial charge in [-0.3, -0.25) is 24.0 Å². The zero-order chi connectivity index (χ0) is 27.7. The highest BCUT2D eigenvalue weighted by molar-refractivity contribution is 6.01. The van der Waals surface area contributed by atoms with E-state index in [2.05, 4.69) is 5.32 Å². The number of likely N-dealkylation sites (tertiary alicyclic amines) is 3. The normalized spacial score (nSPS) is 23.6. The van der Waals surface area contributed by atoms with E-state index >= 15 is 0 Å². The van der Waals surface area contributed by atoms with Gasteiger partial charge in [-0.15, -0.1) is 0 Å². The summed E-state index contributed by atoms with van der Waals surface area (Å²) in [5.74, 6) is -1.02. The molecule has 0 aliphatic carbocycles. The average Bonchev–Trinajstić information content (AvgIpc) is 3.59. The fourth-order valence-corrected chi connectivity index (χ4v) is 6.00. The molecule has 10 nitrogen and oxygen atoms in total. The molecule has 10 heteroatoms. The van der Waals surface area contributed by atoms with Gasteiger partial charge in [0.05, 0.1) is 12.6 Å². The molecule has 3 aliphatic heterocycles. The summed E-state index contributed by atoms with van der Waals surface area (Å²) in [6, 6.07) is 4.70. The summed E-state index contributed by atoms with van der Waals surface area (Å²) in [6.45, 7) is 6.25. The van der Waals surface area contributed by atoms with Gasteiger partial charge in [-0.05, 0) is 55.9 Å². The minimum atomic E-state index is -0.782. The fraction of sp³-hybridized carbons (Fsp3) is 0.607. The minimum absolute atomic E-state index is 0.0559. The molecule has 206 valence electrons. The van der Waals surface area contributed by atoms with Gasteiger partial charge < -0.3 is 24.9 Å². The lowest BCUT2D eigenvalue weighted by molar-refractivity contribution is -0.143. The van der Waals surface area contributed by atoms with E-state index in [9.17, 15) is 24.0 Å². The molecular weight excluding hydrogens is 486 g/mol. The van der Waals surface area contributed by atoms with Crippen LogP contribution in [0.1, 0.15) is 56.8 Å². The van der Waals surface area contributed by atoms with E-state index in [1.165, 1.54) is 6.92 Å². The molecule has 3 heterocycles. The number of carbonyl (C=O) groups excluding carboxylic acids is 5. The number of nitrogens with one attached hydrogen (secondary N) is 1. The third-order valence-electron chi connectivity index (χ3n) is 7.89. The monoisotopic (exact) mass is 525 g/mol. The Hall–Kier alpha value is -3.43. The molecule has 0 radical (unpaired) electrons. The van der Waals surface area contributed by atoms with Crippen molar-refractivity contribution < 1.29 is 24.0 Å². The number of hydrogen-bond acceptors (Lipinski definition) is 6. The largest absolute Gasteiger partial charge is 0.378 e. The summed E-state index contributed by atoms with van der Waals surface area (Å²) >= 11 is 0. The van der Waals surface area contributed by atoms with Crippen molar-refractivity contribution in [3.8, 4) is 0 Å². The number of nitrogens with zero attached hydrogens (tertiary/aromatic N) is 4. The van der Waals surface area contributed by atoms with Gasteiger partial charge in [-0.25, -0.2) is 0 Å². The first-order chi connectivity index (χ1) is 18.0. The maximum atomic E-state index is 13.7. The highest BCUT2D eigenvalue weighted by atomic mass is 16.2. The van der Waals surface area contributed by atoms with Gasteiger partial charge in [-0.1, -0.05) is 13.8 Å². The molecule has 3 saturated heterocycles. The number of benzene rings is 1. The van der Waals surface area contributed by atoms with Crippen LogP contribution in [0.4, 0.5) is 5.69 Å². The molecule has 0 spiro atoms. The Kier molecular flexibility index (Phi) is 8.08. The van der Waals surface area contributed by atoms with Crippen molar-refractivity contribution in [2.45, 2.75) is 70.6 Å². The maximum absolute atomic E-state index is 13.7. The van der Waals surface area contributed by atoms with Crippen LogP contribution in [0.2, 0.25) is 0 Å². The smallest absolute Gasteiger partial charge is 0.251 e. The van der Waals surface area contributed by atoms with Crippen LogP contribution < -0.4 is 10.2 Å². The highest BCUT2D eigenvalue weighted by Crippen LogP contribution is 2.33. The Morgan fingerprint density at radius 1 is 1.00 bits per heavy atom. The van der Waals surface area contributed by atoms with Crippen molar-refractivity contribution in [2.24, 2.45) is 5.92 Å². The summed E-state index contributed by atoms with van der Waals surface area (Å²) in [7, 11) is 3.84. The van der Waals surface area contributed by atoms with Gasteiger partial charge in [-0.2, -0.15) is 0 Å². The van der Waals surface area contributed by atoms with E-state index in [1.807, 2.05) is 45.0 Å². The molecule has 3 fully saturated rings. The Labute approximate surface area is 224 Å². The van der Waals surface area contributed by atoms with Crippen LogP contribution in [-0.2, 0) is 19.2 Å². The molecule has 0 bridgehead atoms. The number of hydrogen-bond donors (Lipinski definition) is 1. The summed E-state index contributed by atoms with van der Waals surface area (Å²) in [4.78, 5) is 72.0. The van der Waals surface area contributed by atoms with E-state index in [1.54, 1.807) is 26.8 Å². The van der Waals surface area contributed by atoms with Crippen LogP contribution in [-0.4, -0.2) is 102 Å². The van der Waals surface area contributed by atoms with Crippen LogP contribution in [0.5, 0.6) is 0 Å². The predicted molar refractivity (Wildman–Crippen MR) is 143 cm³/mol. The van der Waals surface area contributed by atoms with Crippen LogP contribution >= 0.6 is 0 Å². The van der Waals surface area contributed by atoms with E-state index in [0.29, 0.717) is 37.9 Å². The molecule has 0 saturated carbocycles. The van der Waals surface area contributed by atoms with Gasteiger partial charge in [0.15, 0.2) is 5.78 Å². The lowest BCUT2D eigenvalue weighted by atomic mass is 10.0. The number of carbonyl (C=O) groups is 5. The number of Topliss-reactive ketones (excluding diaryl/α,β-unsaturated/α-hetero) is 1. The topological polar surface area (TPSA) is 110 Å². The molecular formula is C28H39N5O5. The first kappa shape index (κ1) is 27.6. The van der Waals surface area contributed by atoms with Crippen LogP contribution in [0.15, 0.2) is 24.3 Å². The third kappa shape index (κ3) is 5.39. The summed E-state index contributed by atoms with van der Waals surface area (Å²) < 4.78 is 0. The molecule has 1 aromatic rings. The predicted octanol–water partition coefficient (Wildman–Crippen LogP) is 1.29. The summed E-state index contributed by atoms with van der Waals surface area (Å²) in [5.41, 5.74) is 1.42. The number of rotatable bonds is 7. The molecule has 3 aliphatic rings. The van der Waals surface area contributed by atoms with E-state index < -0.39 is 24.2 Å². The van der Waals surface area contributed by atoms with Crippen molar-refractivity contribution in [3.05, 3.63) is 29.8 Å². The zero-order valence-electron chi connectivity index (χ0n) is 23.0. The van der Waals surface area contributed by atoms with Gasteiger partial charge in [0.2, 0.25) is 17.7 Å². The van der Waals surface area contributed by atoms with Gasteiger partial charge in [0, 0.05) is 45.4 Å². The maximum Gasteiger partial charge on any atom is 0.251 e. The average molecular weight is 526 g/mol. The standard InChI is InChI=1S/C28H39N5O5/c1-17(2)15-21(29-26(36)19-8-10-20(11-9-19)30(4)5)27(37)32-14-12-22-25(32)24(35)16-33(22)28(38)23-7-6-13-31(23)18(3)34/h8-11,17,21-23,25H,6-7,12-16H2,1-5H3,(H,29,36)/t21-,22+,23-,25-/m0/s1. The van der Waals surface area contributed by atoms with Gasteiger partial charge >= 0.3 is 0 Å². The van der Waals surface area contributed by atoms with Crippen molar-refractivity contribution in [2.75, 3.05) is 38.6 Å². The minimum Gasteiger partial charge on any atom is -0.378 e. The molecule has 38 heavy (non-hydrogen) atoms. The second-order valence-electron chi connectivity index (χ2n) is 11.2. The Bertz CT molecular complexity index is 1100. The molecule has 0 unspecified atom stereocenters.